The number of hydrogen-bond acceptors (Lipinski definition) is 3. The Hall–Kier alpha value is -1.60. The van der Waals surface area contributed by atoms with Gasteiger partial charge in [-0.3, -0.25) is 0 Å². The molecule has 2 rings (SSSR count). The molecule has 1 aromatic carbocycles. The van der Waals surface area contributed by atoms with Gasteiger partial charge >= 0.3 is 0 Å². The van der Waals surface area contributed by atoms with Crippen molar-refractivity contribution >= 4 is 21.4 Å². The number of ether oxygens (including phenoxy) is 1. The molecule has 0 bridgehead atoms. The van der Waals surface area contributed by atoms with Crippen LogP contribution in [0.5, 0.6) is 5.06 Å². The molecule has 1 aromatic heterocycles. The lowest BCUT2D eigenvalue weighted by Gasteiger charge is -1.92. The summed E-state index contributed by atoms with van der Waals surface area (Å²) in [5.74, 6) is -0.300. The SMILES string of the molecule is COc1sc2cc(F)ccc2c1C#N. The maximum absolute atomic E-state index is 12.9. The van der Waals surface area contributed by atoms with Crippen LogP contribution in [-0.4, -0.2) is 7.11 Å². The molecule has 0 saturated heterocycles. The van der Waals surface area contributed by atoms with Crippen LogP contribution in [0.15, 0.2) is 18.2 Å². The third-order valence-electron chi connectivity index (χ3n) is 1.92. The number of nitriles is 1. The molecule has 1 heterocycles. The maximum Gasteiger partial charge on any atom is 0.192 e. The van der Waals surface area contributed by atoms with Gasteiger partial charge in [0.15, 0.2) is 5.06 Å². The van der Waals surface area contributed by atoms with Crippen LogP contribution in [0.25, 0.3) is 10.1 Å². The number of thiophene rings is 1. The van der Waals surface area contributed by atoms with Gasteiger partial charge in [-0.25, -0.2) is 4.39 Å². The van der Waals surface area contributed by atoms with Gasteiger partial charge in [0.05, 0.1) is 7.11 Å². The summed E-state index contributed by atoms with van der Waals surface area (Å²) in [6, 6.07) is 6.40. The van der Waals surface area contributed by atoms with Crippen molar-refractivity contribution in [2.75, 3.05) is 7.11 Å². The van der Waals surface area contributed by atoms with Crippen LogP contribution in [0.3, 0.4) is 0 Å². The van der Waals surface area contributed by atoms with Gasteiger partial charge in [-0.2, -0.15) is 5.26 Å². The van der Waals surface area contributed by atoms with Gasteiger partial charge in [-0.15, -0.1) is 0 Å². The molecule has 14 heavy (non-hydrogen) atoms. The van der Waals surface area contributed by atoms with Crippen LogP contribution in [-0.2, 0) is 0 Å². The minimum absolute atomic E-state index is 0.300. The fraction of sp³-hybridized carbons (Fsp3) is 0.100. The average Bonchev–Trinajstić information content (AvgIpc) is 2.54. The van der Waals surface area contributed by atoms with Crippen molar-refractivity contribution in [3.63, 3.8) is 0 Å². The number of nitrogens with zero attached hydrogens (tertiary/aromatic N) is 1. The van der Waals surface area contributed by atoms with Crippen molar-refractivity contribution in [2.45, 2.75) is 0 Å². The van der Waals surface area contributed by atoms with Crippen LogP contribution in [0.2, 0.25) is 0 Å². The van der Waals surface area contributed by atoms with Crippen LogP contribution in [0.1, 0.15) is 5.56 Å². The number of methoxy groups -OCH3 is 1. The van der Waals surface area contributed by atoms with E-state index in [-0.39, 0.29) is 5.82 Å². The molecule has 0 aliphatic carbocycles. The maximum atomic E-state index is 12.9. The van der Waals surface area contributed by atoms with E-state index in [2.05, 4.69) is 6.07 Å². The molecule has 0 spiro atoms. The molecule has 4 heteroatoms. The van der Waals surface area contributed by atoms with Crippen LogP contribution in [0.4, 0.5) is 4.39 Å². The van der Waals surface area contributed by atoms with E-state index in [0.29, 0.717) is 10.6 Å². The first kappa shape index (κ1) is 8.97. The van der Waals surface area contributed by atoms with Gasteiger partial charge in [0.25, 0.3) is 0 Å². The minimum atomic E-state index is -0.300. The van der Waals surface area contributed by atoms with Gasteiger partial charge < -0.3 is 4.74 Å². The highest BCUT2D eigenvalue weighted by Crippen LogP contribution is 2.36. The normalized spacial score (nSPS) is 10.1. The van der Waals surface area contributed by atoms with Crippen molar-refractivity contribution < 1.29 is 9.13 Å². The largest absolute Gasteiger partial charge is 0.486 e. The highest BCUT2D eigenvalue weighted by atomic mass is 32.1. The molecule has 0 unspecified atom stereocenters. The summed E-state index contributed by atoms with van der Waals surface area (Å²) in [7, 11) is 1.50. The summed E-state index contributed by atoms with van der Waals surface area (Å²) in [6.45, 7) is 0. The van der Waals surface area contributed by atoms with Crippen LogP contribution in [0, 0.1) is 17.1 Å². The highest BCUT2D eigenvalue weighted by molar-refractivity contribution is 7.21. The van der Waals surface area contributed by atoms with E-state index in [9.17, 15) is 4.39 Å². The Morgan fingerprint density at radius 2 is 2.29 bits per heavy atom. The number of hydrogen-bond donors (Lipinski definition) is 0. The zero-order valence-corrected chi connectivity index (χ0v) is 8.19. The second-order valence-corrected chi connectivity index (χ2v) is 3.74. The molecule has 0 aliphatic rings. The summed E-state index contributed by atoms with van der Waals surface area (Å²) >= 11 is 1.28. The summed E-state index contributed by atoms with van der Waals surface area (Å²) in [5.41, 5.74) is 0.479. The third kappa shape index (κ3) is 1.22. The van der Waals surface area contributed by atoms with E-state index in [1.54, 1.807) is 6.07 Å². The predicted octanol–water partition coefficient (Wildman–Crippen LogP) is 2.92. The average molecular weight is 207 g/mol. The van der Waals surface area contributed by atoms with E-state index in [0.717, 1.165) is 10.1 Å². The summed E-state index contributed by atoms with van der Waals surface area (Å²) in [5, 5.41) is 10.2. The highest BCUT2D eigenvalue weighted by Gasteiger charge is 2.12. The number of benzene rings is 1. The topological polar surface area (TPSA) is 33.0 Å². The first-order valence-corrected chi connectivity index (χ1v) is 4.74. The molecular formula is C10H6FNOS. The van der Waals surface area contributed by atoms with Gasteiger partial charge in [-0.1, -0.05) is 11.3 Å². The van der Waals surface area contributed by atoms with E-state index in [1.165, 1.54) is 30.6 Å². The van der Waals surface area contributed by atoms with Crippen LogP contribution < -0.4 is 4.74 Å². The molecule has 2 aromatic rings. The smallest absolute Gasteiger partial charge is 0.192 e. The van der Waals surface area contributed by atoms with Crippen molar-refractivity contribution in [1.29, 1.82) is 5.26 Å². The molecule has 0 saturated carbocycles. The van der Waals surface area contributed by atoms with Crippen molar-refractivity contribution in [1.82, 2.24) is 0 Å². The Bertz CT molecular complexity index is 527. The van der Waals surface area contributed by atoms with E-state index in [4.69, 9.17) is 10.00 Å². The first-order valence-electron chi connectivity index (χ1n) is 3.92. The van der Waals surface area contributed by atoms with Gasteiger partial charge in [0, 0.05) is 10.1 Å². The standard InChI is InChI=1S/C10H6FNOS/c1-13-10-8(5-12)7-3-2-6(11)4-9(7)14-10/h2-4H,1H3. The monoisotopic (exact) mass is 207 g/mol. The van der Waals surface area contributed by atoms with Crippen molar-refractivity contribution in [3.8, 4) is 11.1 Å². The van der Waals surface area contributed by atoms with Crippen molar-refractivity contribution in [2.24, 2.45) is 0 Å². The Morgan fingerprint density at radius 1 is 1.50 bits per heavy atom. The molecule has 0 atom stereocenters. The fourth-order valence-corrected chi connectivity index (χ4v) is 2.29. The lowest BCUT2D eigenvalue weighted by Crippen LogP contribution is -1.80. The Kier molecular flexibility index (Phi) is 2.10. The van der Waals surface area contributed by atoms with E-state index >= 15 is 0 Å². The quantitative estimate of drug-likeness (QED) is 0.720. The fourth-order valence-electron chi connectivity index (χ4n) is 1.30. The molecule has 2 nitrogen and oxygen atoms in total. The van der Waals surface area contributed by atoms with Gasteiger partial charge in [0.1, 0.15) is 17.4 Å². The third-order valence-corrected chi connectivity index (χ3v) is 3.03. The van der Waals surface area contributed by atoms with E-state index < -0.39 is 0 Å². The Balaban J connectivity index is 2.81. The van der Waals surface area contributed by atoms with Crippen LogP contribution >= 0.6 is 11.3 Å². The summed E-state index contributed by atoms with van der Waals surface area (Å²) < 4.78 is 18.6. The number of halogens is 1. The predicted molar refractivity (Wildman–Crippen MR) is 53.1 cm³/mol. The Morgan fingerprint density at radius 3 is 2.93 bits per heavy atom. The molecule has 0 fully saturated rings. The van der Waals surface area contributed by atoms with Gasteiger partial charge in [-0.05, 0) is 18.2 Å². The van der Waals surface area contributed by atoms with E-state index in [1.807, 2.05) is 0 Å². The lowest BCUT2D eigenvalue weighted by atomic mass is 10.2. The molecule has 0 amide bonds. The van der Waals surface area contributed by atoms with Crippen molar-refractivity contribution in [3.05, 3.63) is 29.6 Å². The molecule has 0 N–H and O–H groups in total. The zero-order valence-electron chi connectivity index (χ0n) is 7.37. The Labute approximate surface area is 84.2 Å². The van der Waals surface area contributed by atoms with Gasteiger partial charge in [0.2, 0.25) is 0 Å². The lowest BCUT2D eigenvalue weighted by molar-refractivity contribution is 0.426. The second-order valence-electron chi connectivity index (χ2n) is 2.72. The molecule has 70 valence electrons. The first-order chi connectivity index (χ1) is 6.76. The summed E-state index contributed by atoms with van der Waals surface area (Å²) in [6.07, 6.45) is 0. The number of rotatable bonds is 1. The molecular weight excluding hydrogens is 201 g/mol. The summed E-state index contributed by atoms with van der Waals surface area (Å²) in [4.78, 5) is 0. The number of fused-ring (bicyclic) bond motifs is 1. The molecule has 0 aliphatic heterocycles. The zero-order chi connectivity index (χ0) is 10.1. The second kappa shape index (κ2) is 3.28. The molecule has 0 radical (unpaired) electrons. The minimum Gasteiger partial charge on any atom is -0.486 e.